The fraction of sp³-hybridized carbons (Fsp3) is 0.400. The minimum Gasteiger partial charge on any atom is -0.354 e. The smallest absolute Gasteiger partial charge is 0.220 e. The van der Waals surface area contributed by atoms with Gasteiger partial charge in [-0.2, -0.15) is 0 Å². The lowest BCUT2D eigenvalue weighted by molar-refractivity contribution is -0.121. The van der Waals surface area contributed by atoms with Crippen molar-refractivity contribution in [2.24, 2.45) is 0 Å². The maximum absolute atomic E-state index is 14.4. The van der Waals surface area contributed by atoms with E-state index in [2.05, 4.69) is 15.2 Å². The number of halogens is 2. The van der Waals surface area contributed by atoms with Gasteiger partial charge in [0.1, 0.15) is 5.82 Å². The van der Waals surface area contributed by atoms with E-state index in [9.17, 15) is 9.18 Å². The molecular formula is C20H23ClFN3O. The minimum absolute atomic E-state index is 0.0627. The molecule has 2 heterocycles. The number of rotatable bonds is 7. The quantitative estimate of drug-likeness (QED) is 0.801. The van der Waals surface area contributed by atoms with Gasteiger partial charge in [0.05, 0.1) is 6.04 Å². The molecule has 4 nitrogen and oxygen atoms in total. The Morgan fingerprint density at radius 1 is 1.23 bits per heavy atom. The van der Waals surface area contributed by atoms with Crippen molar-refractivity contribution in [1.82, 2.24) is 15.2 Å². The Kier molecular flexibility index (Phi) is 6.58. The van der Waals surface area contributed by atoms with Crippen molar-refractivity contribution in [3.8, 4) is 0 Å². The molecule has 1 aromatic carbocycles. The molecule has 0 spiro atoms. The monoisotopic (exact) mass is 375 g/mol. The lowest BCUT2D eigenvalue weighted by Crippen LogP contribution is -2.37. The van der Waals surface area contributed by atoms with Gasteiger partial charge in [-0.05, 0) is 56.6 Å². The Hall–Kier alpha value is -1.98. The molecule has 0 aliphatic carbocycles. The first-order chi connectivity index (χ1) is 12.6. The highest BCUT2D eigenvalue weighted by molar-refractivity contribution is 6.31. The molecule has 1 N–H and O–H groups in total. The predicted octanol–water partition coefficient (Wildman–Crippen LogP) is 3.76. The van der Waals surface area contributed by atoms with Gasteiger partial charge in [0.25, 0.3) is 0 Å². The molecule has 3 rings (SSSR count). The molecule has 0 saturated carbocycles. The molecule has 1 saturated heterocycles. The highest BCUT2D eigenvalue weighted by Gasteiger charge is 2.28. The molecule has 1 amide bonds. The average molecular weight is 376 g/mol. The van der Waals surface area contributed by atoms with Gasteiger partial charge in [-0.25, -0.2) is 4.39 Å². The molecule has 26 heavy (non-hydrogen) atoms. The Morgan fingerprint density at radius 2 is 2.04 bits per heavy atom. The topological polar surface area (TPSA) is 45.2 Å². The molecule has 6 heteroatoms. The number of hydrogen-bond donors (Lipinski definition) is 1. The summed E-state index contributed by atoms with van der Waals surface area (Å²) < 4.78 is 14.4. The van der Waals surface area contributed by atoms with Crippen molar-refractivity contribution in [1.29, 1.82) is 0 Å². The fourth-order valence-corrected chi connectivity index (χ4v) is 3.67. The highest BCUT2D eigenvalue weighted by atomic mass is 35.5. The summed E-state index contributed by atoms with van der Waals surface area (Å²) in [4.78, 5) is 18.7. The summed E-state index contributed by atoms with van der Waals surface area (Å²) in [5.41, 5.74) is 1.36. The Labute approximate surface area is 158 Å². The largest absolute Gasteiger partial charge is 0.354 e. The predicted molar refractivity (Wildman–Crippen MR) is 101 cm³/mol. The van der Waals surface area contributed by atoms with Crippen LogP contribution in [0.25, 0.3) is 0 Å². The average Bonchev–Trinajstić information content (AvgIpc) is 3.17. The molecule has 1 unspecified atom stereocenters. The summed E-state index contributed by atoms with van der Waals surface area (Å²) >= 11 is 6.27. The van der Waals surface area contributed by atoms with Gasteiger partial charge in [0.2, 0.25) is 5.91 Å². The van der Waals surface area contributed by atoms with Crippen molar-refractivity contribution in [3.63, 3.8) is 0 Å². The lowest BCUT2D eigenvalue weighted by Gasteiger charge is -2.29. The van der Waals surface area contributed by atoms with Crippen molar-refractivity contribution in [2.75, 3.05) is 19.6 Å². The van der Waals surface area contributed by atoms with Crippen LogP contribution in [-0.2, 0) is 11.2 Å². The van der Waals surface area contributed by atoms with Gasteiger partial charge in [-0.15, -0.1) is 0 Å². The first-order valence-corrected chi connectivity index (χ1v) is 9.37. The van der Waals surface area contributed by atoms with Crippen molar-refractivity contribution in [2.45, 2.75) is 31.7 Å². The van der Waals surface area contributed by atoms with Crippen LogP contribution < -0.4 is 5.32 Å². The van der Waals surface area contributed by atoms with Crippen molar-refractivity contribution < 1.29 is 9.18 Å². The van der Waals surface area contributed by atoms with Gasteiger partial charge in [0.15, 0.2) is 0 Å². The molecule has 0 radical (unpaired) electrons. The van der Waals surface area contributed by atoms with E-state index in [1.165, 1.54) is 6.07 Å². The van der Waals surface area contributed by atoms with Crippen LogP contribution >= 0.6 is 11.6 Å². The molecule has 1 fully saturated rings. The zero-order valence-electron chi connectivity index (χ0n) is 14.6. The van der Waals surface area contributed by atoms with Crippen LogP contribution in [0, 0.1) is 5.82 Å². The van der Waals surface area contributed by atoms with E-state index in [4.69, 9.17) is 11.6 Å². The second kappa shape index (κ2) is 9.10. The van der Waals surface area contributed by atoms with E-state index in [1.807, 2.05) is 18.2 Å². The molecule has 138 valence electrons. The van der Waals surface area contributed by atoms with Crippen LogP contribution in [0.2, 0.25) is 5.02 Å². The molecular weight excluding hydrogens is 353 g/mol. The van der Waals surface area contributed by atoms with Gasteiger partial charge in [-0.1, -0.05) is 23.7 Å². The molecule has 1 atom stereocenters. The van der Waals surface area contributed by atoms with Crippen LogP contribution in [0.15, 0.2) is 42.6 Å². The third-order valence-corrected chi connectivity index (χ3v) is 5.07. The van der Waals surface area contributed by atoms with Crippen LogP contribution in [-0.4, -0.2) is 35.4 Å². The molecule has 2 aromatic rings. The molecule has 1 aliphatic heterocycles. The first-order valence-electron chi connectivity index (χ1n) is 8.99. The number of carbonyl (C=O) groups is 1. The summed E-state index contributed by atoms with van der Waals surface area (Å²) in [5.74, 6) is -0.385. The molecule has 1 aliphatic rings. The van der Waals surface area contributed by atoms with Crippen molar-refractivity contribution >= 4 is 17.5 Å². The summed E-state index contributed by atoms with van der Waals surface area (Å²) in [6.45, 7) is 2.12. The summed E-state index contributed by atoms with van der Waals surface area (Å²) in [6, 6.07) is 10.1. The normalized spacial score (nSPS) is 15.8. The second-order valence-corrected chi connectivity index (χ2v) is 6.93. The Bertz CT molecular complexity index is 715. The maximum atomic E-state index is 14.4. The zero-order valence-corrected chi connectivity index (χ0v) is 15.4. The standard InChI is InChI=1S/C20H23ClFN3O/c21-16-7-5-8-17(22)20(16)18(25-12-3-4-13-25)14-24-19(26)10-9-15-6-1-2-11-23-15/h1-2,5-8,11,18H,3-4,9-10,12-14H2,(H,24,26). The SMILES string of the molecule is O=C(CCc1ccccn1)NCC(c1c(F)cccc1Cl)N1CCCC1. The van der Waals surface area contributed by atoms with E-state index in [1.54, 1.807) is 18.3 Å². The third-order valence-electron chi connectivity index (χ3n) is 4.74. The van der Waals surface area contributed by atoms with E-state index >= 15 is 0 Å². The number of hydrogen-bond acceptors (Lipinski definition) is 3. The van der Waals surface area contributed by atoms with Gasteiger partial charge < -0.3 is 5.32 Å². The maximum Gasteiger partial charge on any atom is 0.220 e. The van der Waals surface area contributed by atoms with E-state index in [0.29, 0.717) is 30.0 Å². The fourth-order valence-electron chi connectivity index (χ4n) is 3.38. The second-order valence-electron chi connectivity index (χ2n) is 6.52. The van der Waals surface area contributed by atoms with Crippen LogP contribution in [0.3, 0.4) is 0 Å². The highest BCUT2D eigenvalue weighted by Crippen LogP contribution is 2.31. The number of aryl methyl sites for hydroxylation is 1. The van der Waals surface area contributed by atoms with Gasteiger partial charge >= 0.3 is 0 Å². The lowest BCUT2D eigenvalue weighted by atomic mass is 10.0. The summed E-state index contributed by atoms with van der Waals surface area (Å²) in [6.07, 6.45) is 4.82. The number of carbonyl (C=O) groups excluding carboxylic acids is 1. The van der Waals surface area contributed by atoms with Gasteiger partial charge in [0, 0.05) is 35.4 Å². The number of amides is 1. The number of aromatic nitrogens is 1. The van der Waals surface area contributed by atoms with Crippen LogP contribution in [0.4, 0.5) is 4.39 Å². The number of nitrogens with one attached hydrogen (secondary N) is 1. The van der Waals surface area contributed by atoms with E-state index in [0.717, 1.165) is 31.6 Å². The zero-order chi connectivity index (χ0) is 18.4. The third kappa shape index (κ3) is 4.80. The molecule has 0 bridgehead atoms. The number of likely N-dealkylation sites (tertiary alicyclic amines) is 1. The number of benzene rings is 1. The Morgan fingerprint density at radius 3 is 2.73 bits per heavy atom. The Balaban J connectivity index is 1.64. The van der Waals surface area contributed by atoms with E-state index < -0.39 is 0 Å². The van der Waals surface area contributed by atoms with E-state index in [-0.39, 0.29) is 17.8 Å². The number of pyridine rings is 1. The van der Waals surface area contributed by atoms with Gasteiger partial charge in [-0.3, -0.25) is 14.7 Å². The number of nitrogens with zero attached hydrogens (tertiary/aromatic N) is 2. The summed E-state index contributed by atoms with van der Waals surface area (Å²) in [7, 11) is 0. The van der Waals surface area contributed by atoms with Crippen LogP contribution in [0.1, 0.15) is 36.6 Å². The molecule has 1 aromatic heterocycles. The van der Waals surface area contributed by atoms with Crippen LogP contribution in [0.5, 0.6) is 0 Å². The first kappa shape index (κ1) is 18.8. The summed E-state index contributed by atoms with van der Waals surface area (Å²) in [5, 5.41) is 3.36. The van der Waals surface area contributed by atoms with Crippen molar-refractivity contribution in [3.05, 3.63) is 64.7 Å². The minimum atomic E-state index is -0.322.